The summed E-state index contributed by atoms with van der Waals surface area (Å²) >= 11 is 12.0. The third-order valence-electron chi connectivity index (χ3n) is 0.564. The van der Waals surface area contributed by atoms with E-state index in [-0.39, 0.29) is 0 Å². The van der Waals surface area contributed by atoms with Gasteiger partial charge in [0.1, 0.15) is 0 Å². The summed E-state index contributed by atoms with van der Waals surface area (Å²) < 4.78 is 11.4. The number of halogens is 1. The Bertz CT molecular complexity index is 241. The molecule has 0 spiro atoms. The third kappa shape index (κ3) is 5.21. The molecule has 0 aliphatic heterocycles. The normalized spacial score (nSPS) is 12.8. The van der Waals surface area contributed by atoms with Crippen molar-refractivity contribution >= 4 is 86.0 Å². The Hall–Kier alpha value is 0.929. The molecule has 0 fully saturated rings. The van der Waals surface area contributed by atoms with Crippen molar-refractivity contribution in [3.8, 4) is 0 Å². The number of hydrogen-bond donors (Lipinski definition) is 0. The minimum atomic E-state index is -3.27. The van der Waals surface area contributed by atoms with Gasteiger partial charge in [-0.15, -0.1) is 0 Å². The molecule has 0 aromatic heterocycles. The molecular formula is C3IN3S3Sn. The summed E-state index contributed by atoms with van der Waals surface area (Å²) in [5.41, 5.74) is 0. The molecule has 56 valence electrons. The fourth-order valence-corrected chi connectivity index (χ4v) is 9.95. The van der Waals surface area contributed by atoms with E-state index in [1.165, 1.54) is 0 Å². The predicted molar refractivity (Wildman–Crippen MR) is 64.9 cm³/mol. The van der Waals surface area contributed by atoms with Crippen molar-refractivity contribution in [3.05, 3.63) is 0 Å². The van der Waals surface area contributed by atoms with Crippen LogP contribution >= 0.6 is 55.3 Å². The van der Waals surface area contributed by atoms with Gasteiger partial charge in [0, 0.05) is 0 Å². The average Bonchev–Trinajstić information content (AvgIpc) is 1.88. The Morgan fingerprint density at radius 3 is 1.36 bits per heavy atom. The van der Waals surface area contributed by atoms with E-state index in [0.29, 0.717) is 0 Å². The molecule has 0 saturated heterocycles. The summed E-state index contributed by atoms with van der Waals surface area (Å²) in [7, 11) is 0. The van der Waals surface area contributed by atoms with Crippen LogP contribution in [0.3, 0.4) is 0 Å². The van der Waals surface area contributed by atoms with Gasteiger partial charge in [0.25, 0.3) is 0 Å². The molecule has 0 radical (unpaired) electrons. The molecule has 0 amide bonds. The van der Waals surface area contributed by atoms with E-state index >= 15 is 0 Å². The van der Waals surface area contributed by atoms with Gasteiger partial charge in [0.05, 0.1) is 0 Å². The van der Waals surface area contributed by atoms with Crippen molar-refractivity contribution < 1.29 is 0 Å². The summed E-state index contributed by atoms with van der Waals surface area (Å²) in [5.74, 6) is 0. The van der Waals surface area contributed by atoms with Gasteiger partial charge in [0.15, 0.2) is 0 Å². The van der Waals surface area contributed by atoms with Crippen LogP contribution in [0.4, 0.5) is 0 Å². The summed E-state index contributed by atoms with van der Waals surface area (Å²) in [6, 6.07) is 0. The maximum atomic E-state index is 4.42. The van der Waals surface area contributed by atoms with Crippen molar-refractivity contribution in [2.75, 3.05) is 0 Å². The zero-order chi connectivity index (χ0) is 8.74. The number of hydrogen-bond acceptors (Lipinski definition) is 6. The molecular weight excluding hydrogens is 420 g/mol. The number of rotatable bonds is 3. The zero-order valence-electron chi connectivity index (χ0n) is 4.94. The topological polar surface area (TPSA) is 37.1 Å². The quantitative estimate of drug-likeness (QED) is 0.304. The molecule has 8 heteroatoms. The van der Waals surface area contributed by atoms with E-state index in [1.807, 2.05) is 18.6 Å². The van der Waals surface area contributed by atoms with E-state index in [2.05, 4.69) is 61.8 Å². The number of thiocarbonyl (C=S) groups is 3. The number of isothiocyanates is 3. The summed E-state index contributed by atoms with van der Waals surface area (Å²) in [4.78, 5) is 0. The van der Waals surface area contributed by atoms with Crippen LogP contribution in [0.2, 0.25) is 0 Å². The maximum absolute atomic E-state index is 4.42. The van der Waals surface area contributed by atoms with Crippen LogP contribution in [-0.4, -0.2) is 30.7 Å². The summed E-state index contributed by atoms with van der Waals surface area (Å²) in [5, 5.41) is 6.64. The molecule has 0 atom stereocenters. The van der Waals surface area contributed by atoms with E-state index in [1.54, 1.807) is 0 Å². The first-order chi connectivity index (χ1) is 5.18. The Balaban J connectivity index is 4.94. The van der Waals surface area contributed by atoms with Crippen LogP contribution < -0.4 is 0 Å². The Labute approximate surface area is 94.2 Å². The Morgan fingerprint density at radius 1 is 0.909 bits per heavy atom. The monoisotopic (exact) mass is 421 g/mol. The first-order valence-electron chi connectivity index (χ1n) is 2.14. The van der Waals surface area contributed by atoms with Crippen molar-refractivity contribution in [2.45, 2.75) is 0 Å². The van der Waals surface area contributed by atoms with Crippen LogP contribution in [0, 0.1) is 0 Å². The fourth-order valence-electron chi connectivity index (χ4n) is 0.249. The van der Waals surface area contributed by atoms with E-state index in [9.17, 15) is 0 Å². The predicted octanol–water partition coefficient (Wildman–Crippen LogP) is 2.17. The molecule has 0 aliphatic rings. The van der Waals surface area contributed by atoms with Crippen LogP contribution in [0.15, 0.2) is 9.64 Å². The number of nitrogens with zero attached hydrogens (tertiary/aromatic N) is 3. The second-order valence-corrected chi connectivity index (χ2v) is 16.5. The van der Waals surface area contributed by atoms with Gasteiger partial charge in [-0.2, -0.15) is 0 Å². The molecule has 0 heterocycles. The van der Waals surface area contributed by atoms with Gasteiger partial charge in [-0.3, -0.25) is 0 Å². The molecule has 3 nitrogen and oxygen atoms in total. The summed E-state index contributed by atoms with van der Waals surface area (Å²) in [6.45, 7) is 0. The SMILES string of the molecule is S=C=[N][Sn]([I])([N]=C=S)[N]=C=S. The molecule has 0 aromatic rings. The van der Waals surface area contributed by atoms with Gasteiger partial charge in [0.2, 0.25) is 0 Å². The van der Waals surface area contributed by atoms with Crippen molar-refractivity contribution in [1.82, 2.24) is 0 Å². The summed E-state index contributed by atoms with van der Waals surface area (Å²) in [6.07, 6.45) is 0. The van der Waals surface area contributed by atoms with Crippen LogP contribution in [0.5, 0.6) is 0 Å². The second kappa shape index (κ2) is 6.45. The Kier molecular flexibility index (Phi) is 6.99. The average molecular weight is 420 g/mol. The van der Waals surface area contributed by atoms with Crippen LogP contribution in [-0.2, 0) is 0 Å². The van der Waals surface area contributed by atoms with Gasteiger partial charge in [-0.1, -0.05) is 0 Å². The minimum absolute atomic E-state index is 2.00. The van der Waals surface area contributed by atoms with Gasteiger partial charge >= 0.3 is 95.6 Å². The molecule has 0 bridgehead atoms. The zero-order valence-corrected chi connectivity index (χ0v) is 12.4. The molecule has 0 aliphatic carbocycles. The third-order valence-corrected chi connectivity index (χ3v) is 10.5. The molecule has 0 rings (SSSR count). The molecule has 0 unspecified atom stereocenters. The van der Waals surface area contributed by atoms with Crippen molar-refractivity contribution in [2.24, 2.45) is 9.64 Å². The van der Waals surface area contributed by atoms with E-state index < -0.39 is 15.2 Å². The first-order valence-corrected chi connectivity index (χ1v) is 15.5. The Morgan fingerprint density at radius 2 is 1.18 bits per heavy atom. The van der Waals surface area contributed by atoms with Gasteiger partial charge in [-0.05, 0) is 0 Å². The molecule has 0 aromatic carbocycles. The molecule has 11 heavy (non-hydrogen) atoms. The van der Waals surface area contributed by atoms with Crippen molar-refractivity contribution in [1.29, 1.82) is 0 Å². The van der Waals surface area contributed by atoms with Gasteiger partial charge < -0.3 is 0 Å². The van der Waals surface area contributed by atoms with E-state index in [4.69, 9.17) is 0 Å². The van der Waals surface area contributed by atoms with Crippen molar-refractivity contribution in [3.63, 3.8) is 0 Å². The fraction of sp³-hybridized carbons (Fsp3) is 0. The standard InChI is InChI=1S/3CNS.HI.Sn/c3*2-1-3;;/h;;;1H;/q3*-1;;+4/p-1. The van der Waals surface area contributed by atoms with Crippen LogP contribution in [0.25, 0.3) is 0 Å². The second-order valence-electron chi connectivity index (χ2n) is 1.16. The van der Waals surface area contributed by atoms with E-state index in [0.717, 1.165) is 0 Å². The van der Waals surface area contributed by atoms with Crippen LogP contribution in [0.1, 0.15) is 0 Å². The first kappa shape index (κ1) is 11.9. The van der Waals surface area contributed by atoms with Gasteiger partial charge in [-0.25, -0.2) is 0 Å². The molecule has 0 N–H and O–H groups in total. The molecule has 0 saturated carbocycles.